The Morgan fingerprint density at radius 1 is 0.966 bits per heavy atom. The van der Waals surface area contributed by atoms with E-state index >= 15 is 0 Å². The summed E-state index contributed by atoms with van der Waals surface area (Å²) in [6.45, 7) is -0.408. The average Bonchev–Trinajstić information content (AvgIpc) is 3.23. The SMILES string of the molecule is O=C(CN(c1ccncc1)S(=O)(=O)c1ccccc1)Nc1cccc2nsnc12. The molecule has 0 aliphatic carbocycles. The molecule has 8 nitrogen and oxygen atoms in total. The van der Waals surface area contributed by atoms with Gasteiger partial charge >= 0.3 is 0 Å². The number of amides is 1. The normalized spacial score (nSPS) is 11.3. The van der Waals surface area contributed by atoms with E-state index in [9.17, 15) is 13.2 Å². The Labute approximate surface area is 171 Å². The predicted octanol–water partition coefficient (Wildman–Crippen LogP) is 2.92. The minimum Gasteiger partial charge on any atom is -0.323 e. The standard InChI is InChI=1S/C19H15N5O3S2/c25-18(21-16-7-4-8-17-19(16)23-28-22-17)13-24(14-9-11-20-12-10-14)29(26,27)15-5-2-1-3-6-15/h1-12H,13H2,(H,21,25). The van der Waals surface area contributed by atoms with Gasteiger partial charge in [-0.3, -0.25) is 14.1 Å². The number of pyridine rings is 1. The van der Waals surface area contributed by atoms with Gasteiger partial charge in [0.1, 0.15) is 17.6 Å². The zero-order valence-corrected chi connectivity index (χ0v) is 16.6. The number of benzene rings is 2. The molecule has 0 spiro atoms. The van der Waals surface area contributed by atoms with Crippen LogP contribution in [0.15, 0.2) is 78.0 Å². The van der Waals surface area contributed by atoms with Crippen LogP contribution in [0, 0.1) is 0 Å². The number of nitrogens with zero attached hydrogens (tertiary/aromatic N) is 4. The summed E-state index contributed by atoms with van der Waals surface area (Å²) in [5, 5.41) is 2.74. The molecule has 10 heteroatoms. The highest BCUT2D eigenvalue weighted by atomic mass is 32.2. The van der Waals surface area contributed by atoms with Gasteiger partial charge in [0.2, 0.25) is 5.91 Å². The molecule has 1 N–H and O–H groups in total. The van der Waals surface area contributed by atoms with E-state index in [2.05, 4.69) is 19.0 Å². The van der Waals surface area contributed by atoms with Gasteiger partial charge in [-0.1, -0.05) is 24.3 Å². The molecule has 1 amide bonds. The van der Waals surface area contributed by atoms with Crippen LogP contribution in [-0.2, 0) is 14.8 Å². The van der Waals surface area contributed by atoms with Crippen molar-refractivity contribution in [3.8, 4) is 0 Å². The fourth-order valence-corrected chi connectivity index (χ4v) is 4.76. The van der Waals surface area contributed by atoms with Crippen molar-refractivity contribution in [1.82, 2.24) is 13.7 Å². The molecule has 0 fully saturated rings. The first-order chi connectivity index (χ1) is 14.1. The average molecular weight is 425 g/mol. The molecule has 2 aromatic heterocycles. The summed E-state index contributed by atoms with van der Waals surface area (Å²) in [6, 6.07) is 16.3. The van der Waals surface area contributed by atoms with Gasteiger partial charge in [0, 0.05) is 12.4 Å². The molecule has 0 radical (unpaired) electrons. The molecule has 0 unspecified atom stereocenters. The first-order valence-corrected chi connectivity index (χ1v) is 10.7. The largest absolute Gasteiger partial charge is 0.323 e. The molecular formula is C19H15N5O3S2. The zero-order valence-electron chi connectivity index (χ0n) is 15.0. The number of carbonyl (C=O) groups is 1. The van der Waals surface area contributed by atoms with Crippen molar-refractivity contribution in [3.63, 3.8) is 0 Å². The Balaban J connectivity index is 1.66. The van der Waals surface area contributed by atoms with Gasteiger partial charge in [-0.15, -0.1) is 0 Å². The molecule has 0 bridgehead atoms. The van der Waals surface area contributed by atoms with E-state index < -0.39 is 22.5 Å². The number of anilines is 2. The number of carbonyl (C=O) groups excluding carboxylic acids is 1. The van der Waals surface area contributed by atoms with Crippen molar-refractivity contribution >= 4 is 50.1 Å². The van der Waals surface area contributed by atoms with E-state index in [4.69, 9.17) is 0 Å². The molecule has 2 aromatic carbocycles. The molecule has 146 valence electrons. The first-order valence-electron chi connectivity index (χ1n) is 8.55. The number of aromatic nitrogens is 3. The summed E-state index contributed by atoms with van der Waals surface area (Å²) in [6.07, 6.45) is 2.95. The van der Waals surface area contributed by atoms with E-state index in [0.29, 0.717) is 22.4 Å². The lowest BCUT2D eigenvalue weighted by Gasteiger charge is -2.24. The maximum absolute atomic E-state index is 13.2. The van der Waals surface area contributed by atoms with Gasteiger partial charge < -0.3 is 5.32 Å². The number of hydrogen-bond acceptors (Lipinski definition) is 7. The number of fused-ring (bicyclic) bond motifs is 1. The van der Waals surface area contributed by atoms with E-state index in [1.165, 1.54) is 24.5 Å². The fourth-order valence-electron chi connectivity index (χ4n) is 2.77. The number of nitrogens with one attached hydrogen (secondary N) is 1. The van der Waals surface area contributed by atoms with Gasteiger partial charge in [0.15, 0.2) is 0 Å². The van der Waals surface area contributed by atoms with E-state index in [0.717, 1.165) is 16.0 Å². The third-order valence-corrected chi connectivity index (χ3v) is 6.46. The van der Waals surface area contributed by atoms with Gasteiger partial charge in [-0.25, -0.2) is 8.42 Å². The number of hydrogen-bond donors (Lipinski definition) is 1. The first kappa shape index (κ1) is 19.0. The summed E-state index contributed by atoms with van der Waals surface area (Å²) in [5.41, 5.74) is 2.04. The topological polar surface area (TPSA) is 105 Å². The highest BCUT2D eigenvalue weighted by Crippen LogP contribution is 2.24. The van der Waals surface area contributed by atoms with Crippen molar-refractivity contribution in [2.24, 2.45) is 0 Å². The molecule has 0 aliphatic rings. The maximum atomic E-state index is 13.2. The van der Waals surface area contributed by atoms with E-state index in [1.54, 1.807) is 48.5 Å². The van der Waals surface area contributed by atoms with Crippen LogP contribution < -0.4 is 9.62 Å². The van der Waals surface area contributed by atoms with Crippen LogP contribution in [0.25, 0.3) is 11.0 Å². The summed E-state index contributed by atoms with van der Waals surface area (Å²) in [4.78, 5) is 16.8. The van der Waals surface area contributed by atoms with Crippen LogP contribution in [0.4, 0.5) is 11.4 Å². The van der Waals surface area contributed by atoms with Crippen molar-refractivity contribution in [2.45, 2.75) is 4.90 Å². The monoisotopic (exact) mass is 425 g/mol. The van der Waals surface area contributed by atoms with Crippen LogP contribution in [0.3, 0.4) is 0 Å². The van der Waals surface area contributed by atoms with Crippen molar-refractivity contribution < 1.29 is 13.2 Å². The van der Waals surface area contributed by atoms with E-state index in [1.807, 2.05) is 0 Å². The van der Waals surface area contributed by atoms with Crippen LogP contribution >= 0.6 is 11.7 Å². The van der Waals surface area contributed by atoms with Gasteiger partial charge in [-0.05, 0) is 36.4 Å². The van der Waals surface area contributed by atoms with Gasteiger partial charge in [-0.2, -0.15) is 8.75 Å². The Kier molecular flexibility index (Phi) is 5.19. The smallest absolute Gasteiger partial charge is 0.264 e. The minimum atomic E-state index is -3.95. The third kappa shape index (κ3) is 3.93. The lowest BCUT2D eigenvalue weighted by molar-refractivity contribution is -0.114. The molecule has 0 saturated heterocycles. The van der Waals surface area contributed by atoms with Crippen LogP contribution in [0.1, 0.15) is 0 Å². The second kappa shape index (κ2) is 7.94. The Morgan fingerprint density at radius 2 is 1.72 bits per heavy atom. The van der Waals surface area contributed by atoms with Gasteiger partial charge in [0.25, 0.3) is 10.0 Å². The second-order valence-electron chi connectivity index (χ2n) is 6.02. The zero-order chi connectivity index (χ0) is 20.3. The Hall–Kier alpha value is -3.37. The lowest BCUT2D eigenvalue weighted by Crippen LogP contribution is -2.38. The van der Waals surface area contributed by atoms with Crippen LogP contribution in [0.2, 0.25) is 0 Å². The molecule has 0 saturated carbocycles. The molecule has 0 atom stereocenters. The third-order valence-electron chi connectivity index (χ3n) is 4.13. The lowest BCUT2D eigenvalue weighted by atomic mass is 10.2. The molecular weight excluding hydrogens is 410 g/mol. The summed E-state index contributed by atoms with van der Waals surface area (Å²) in [7, 11) is -3.95. The Morgan fingerprint density at radius 3 is 2.48 bits per heavy atom. The molecule has 4 aromatic rings. The van der Waals surface area contributed by atoms with Crippen molar-refractivity contribution in [1.29, 1.82) is 0 Å². The van der Waals surface area contributed by atoms with Crippen molar-refractivity contribution in [3.05, 3.63) is 73.1 Å². The van der Waals surface area contributed by atoms with Crippen LogP contribution in [-0.4, -0.2) is 34.6 Å². The number of rotatable bonds is 6. The predicted molar refractivity (Wildman–Crippen MR) is 111 cm³/mol. The minimum absolute atomic E-state index is 0.0930. The summed E-state index contributed by atoms with van der Waals surface area (Å²) in [5.74, 6) is -0.498. The second-order valence-corrected chi connectivity index (χ2v) is 8.41. The van der Waals surface area contributed by atoms with Gasteiger partial charge in [0.05, 0.1) is 28.0 Å². The Bertz CT molecular complexity index is 1240. The highest BCUT2D eigenvalue weighted by molar-refractivity contribution is 7.92. The summed E-state index contributed by atoms with van der Waals surface area (Å²) < 4.78 is 35.8. The fraction of sp³-hybridized carbons (Fsp3) is 0.0526. The molecule has 4 rings (SSSR count). The van der Waals surface area contributed by atoms with E-state index in [-0.39, 0.29) is 4.90 Å². The maximum Gasteiger partial charge on any atom is 0.264 e. The number of sulfonamides is 1. The molecule has 29 heavy (non-hydrogen) atoms. The summed E-state index contributed by atoms with van der Waals surface area (Å²) >= 11 is 1.04. The molecule has 2 heterocycles. The quantitative estimate of drug-likeness (QED) is 0.509. The highest BCUT2D eigenvalue weighted by Gasteiger charge is 2.27. The molecule has 0 aliphatic heterocycles. The van der Waals surface area contributed by atoms with Crippen LogP contribution in [0.5, 0.6) is 0 Å². The van der Waals surface area contributed by atoms with Crippen molar-refractivity contribution in [2.75, 3.05) is 16.2 Å².